The van der Waals surface area contributed by atoms with Crippen molar-refractivity contribution >= 4 is 46.7 Å². The number of esters is 1. The van der Waals surface area contributed by atoms with E-state index in [1.165, 1.54) is 17.6 Å². The van der Waals surface area contributed by atoms with Gasteiger partial charge in [-0.3, -0.25) is 9.36 Å². The first-order valence-corrected chi connectivity index (χ1v) is 12.7. The van der Waals surface area contributed by atoms with Crippen LogP contribution in [0.4, 0.5) is 22.0 Å². The highest BCUT2D eigenvalue weighted by atomic mass is 35.5. The number of methoxy groups -OCH3 is 1. The van der Waals surface area contributed by atoms with Crippen LogP contribution >= 0.6 is 11.6 Å². The summed E-state index contributed by atoms with van der Waals surface area (Å²) in [5, 5.41) is 8.34. The van der Waals surface area contributed by atoms with Gasteiger partial charge in [-0.25, -0.2) is 14.6 Å². The van der Waals surface area contributed by atoms with Crippen LogP contribution in [-0.4, -0.2) is 41.2 Å². The molecular weight excluding hydrogens is 534 g/mol. The number of amides is 3. The van der Waals surface area contributed by atoms with Gasteiger partial charge in [-0.05, 0) is 50.2 Å². The zero-order valence-corrected chi connectivity index (χ0v) is 23.1. The van der Waals surface area contributed by atoms with Gasteiger partial charge in [0.2, 0.25) is 5.91 Å². The molecule has 2 aromatic carbocycles. The highest BCUT2D eigenvalue weighted by molar-refractivity contribution is 6.31. The molecule has 0 radical (unpaired) electrons. The molecular formula is C29H28ClN5O5. The molecule has 0 atom stereocenters. The number of aromatic nitrogens is 2. The summed E-state index contributed by atoms with van der Waals surface area (Å²) < 4.78 is 12.1. The van der Waals surface area contributed by atoms with Crippen molar-refractivity contribution in [1.82, 2.24) is 9.55 Å². The lowest BCUT2D eigenvalue weighted by molar-refractivity contribution is -0.114. The molecule has 0 aliphatic carbocycles. The second kappa shape index (κ2) is 12.4. The number of nitrogens with zero attached hydrogens (tertiary/aromatic N) is 2. The van der Waals surface area contributed by atoms with Gasteiger partial charge < -0.3 is 25.4 Å². The summed E-state index contributed by atoms with van der Waals surface area (Å²) in [6.07, 6.45) is 0. The average Bonchev–Trinajstić information content (AvgIpc) is 3.25. The van der Waals surface area contributed by atoms with Crippen LogP contribution in [0.1, 0.15) is 29.9 Å². The number of nitrogens with one attached hydrogen (secondary N) is 3. The molecule has 3 N–H and O–H groups in total. The average molecular weight is 562 g/mol. The standard InChI is InChI=1S/C29H28ClN5O5/c1-5-40-28(37)27-23(34-29(38)33-21-8-6-10-24(39-4)17(21)2)16-25(30)35(27)20-14-12-19(13-15-20)22-9-7-11-26(32-22)31-18(3)36/h6-16H,5H2,1-4H3,(H,31,32,36)(H2,33,34,38). The number of benzene rings is 2. The van der Waals surface area contributed by atoms with Gasteiger partial charge in [-0.15, -0.1) is 0 Å². The third-order valence-corrected chi connectivity index (χ3v) is 6.18. The number of hydrogen-bond donors (Lipinski definition) is 3. The quantitative estimate of drug-likeness (QED) is 0.217. The van der Waals surface area contributed by atoms with E-state index < -0.39 is 12.0 Å². The third kappa shape index (κ3) is 6.24. The summed E-state index contributed by atoms with van der Waals surface area (Å²) in [7, 11) is 1.55. The van der Waals surface area contributed by atoms with Gasteiger partial charge in [-0.2, -0.15) is 0 Å². The van der Waals surface area contributed by atoms with Crippen molar-refractivity contribution in [3.63, 3.8) is 0 Å². The predicted molar refractivity (Wildman–Crippen MR) is 155 cm³/mol. The zero-order valence-electron chi connectivity index (χ0n) is 22.4. The van der Waals surface area contributed by atoms with Crippen LogP contribution in [0, 0.1) is 6.92 Å². The lowest BCUT2D eigenvalue weighted by atomic mass is 10.1. The molecule has 2 aromatic heterocycles. The molecule has 0 aliphatic heterocycles. The van der Waals surface area contributed by atoms with Crippen LogP contribution in [0.15, 0.2) is 66.7 Å². The summed E-state index contributed by atoms with van der Waals surface area (Å²) in [6.45, 7) is 5.05. The number of hydrogen-bond acceptors (Lipinski definition) is 6. The van der Waals surface area contributed by atoms with Gasteiger partial charge in [0.05, 0.1) is 25.1 Å². The maximum atomic E-state index is 13.0. The van der Waals surface area contributed by atoms with E-state index in [9.17, 15) is 14.4 Å². The fraction of sp³-hybridized carbons (Fsp3) is 0.172. The van der Waals surface area contributed by atoms with Crippen LogP contribution in [0.5, 0.6) is 5.75 Å². The number of carbonyl (C=O) groups excluding carboxylic acids is 3. The Morgan fingerprint density at radius 3 is 2.33 bits per heavy atom. The van der Waals surface area contributed by atoms with Crippen molar-refractivity contribution < 1.29 is 23.9 Å². The molecule has 0 spiro atoms. The normalized spacial score (nSPS) is 10.5. The lowest BCUT2D eigenvalue weighted by Gasteiger charge is -2.14. The van der Waals surface area contributed by atoms with Crippen molar-refractivity contribution in [2.75, 3.05) is 29.7 Å². The molecule has 0 bridgehead atoms. The van der Waals surface area contributed by atoms with E-state index in [4.69, 9.17) is 21.1 Å². The minimum atomic E-state index is -0.656. The Morgan fingerprint density at radius 2 is 1.65 bits per heavy atom. The van der Waals surface area contributed by atoms with Crippen molar-refractivity contribution in [2.24, 2.45) is 0 Å². The van der Waals surface area contributed by atoms with E-state index in [0.717, 1.165) is 11.1 Å². The smallest absolute Gasteiger partial charge is 0.357 e. The van der Waals surface area contributed by atoms with Gasteiger partial charge in [0.1, 0.15) is 16.7 Å². The van der Waals surface area contributed by atoms with Crippen molar-refractivity contribution in [1.29, 1.82) is 0 Å². The monoisotopic (exact) mass is 561 g/mol. The summed E-state index contributed by atoms with van der Waals surface area (Å²) in [5.74, 6) is 0.187. The first kappa shape index (κ1) is 28.2. The molecule has 4 rings (SSSR count). The van der Waals surface area contributed by atoms with Crippen LogP contribution in [0.2, 0.25) is 5.15 Å². The number of anilines is 3. The van der Waals surface area contributed by atoms with Gasteiger partial charge in [0, 0.05) is 35.5 Å². The van der Waals surface area contributed by atoms with Gasteiger partial charge in [-0.1, -0.05) is 35.9 Å². The molecule has 11 heteroatoms. The van der Waals surface area contributed by atoms with Crippen LogP contribution in [0.3, 0.4) is 0 Å². The summed E-state index contributed by atoms with van der Waals surface area (Å²) in [4.78, 5) is 41.8. The molecule has 40 heavy (non-hydrogen) atoms. The third-order valence-electron chi connectivity index (χ3n) is 5.90. The first-order chi connectivity index (χ1) is 19.2. The second-order valence-corrected chi connectivity index (χ2v) is 9.02. The van der Waals surface area contributed by atoms with E-state index in [0.29, 0.717) is 28.6 Å². The predicted octanol–water partition coefficient (Wildman–Crippen LogP) is 6.29. The fourth-order valence-corrected chi connectivity index (χ4v) is 4.39. The summed E-state index contributed by atoms with van der Waals surface area (Å²) in [5.41, 5.74) is 3.52. The van der Waals surface area contributed by atoms with Gasteiger partial charge in [0.25, 0.3) is 0 Å². The number of carbonyl (C=O) groups is 3. The largest absolute Gasteiger partial charge is 0.496 e. The molecule has 206 valence electrons. The van der Waals surface area contributed by atoms with Crippen molar-refractivity contribution in [3.05, 3.63) is 83.1 Å². The molecule has 2 heterocycles. The molecule has 0 aliphatic rings. The van der Waals surface area contributed by atoms with Gasteiger partial charge >= 0.3 is 12.0 Å². The Hall–Kier alpha value is -4.83. The molecule has 0 saturated heterocycles. The molecule has 0 unspecified atom stereocenters. The number of halogens is 1. The van der Waals surface area contributed by atoms with Crippen LogP contribution < -0.4 is 20.7 Å². The second-order valence-electron chi connectivity index (χ2n) is 8.63. The first-order valence-electron chi connectivity index (χ1n) is 12.4. The minimum Gasteiger partial charge on any atom is -0.496 e. The van der Waals surface area contributed by atoms with E-state index in [-0.39, 0.29) is 29.0 Å². The maximum Gasteiger partial charge on any atom is 0.357 e. The highest BCUT2D eigenvalue weighted by Crippen LogP contribution is 2.32. The van der Waals surface area contributed by atoms with E-state index in [2.05, 4.69) is 20.9 Å². The number of pyridine rings is 1. The minimum absolute atomic E-state index is 0.0582. The highest BCUT2D eigenvalue weighted by Gasteiger charge is 2.24. The van der Waals surface area contributed by atoms with E-state index >= 15 is 0 Å². The fourth-order valence-electron chi connectivity index (χ4n) is 4.10. The Labute approximate surface area is 236 Å². The lowest BCUT2D eigenvalue weighted by Crippen LogP contribution is -2.22. The Balaban J connectivity index is 1.65. The Morgan fingerprint density at radius 1 is 0.950 bits per heavy atom. The topological polar surface area (TPSA) is 124 Å². The number of urea groups is 1. The Kier molecular flexibility index (Phi) is 8.70. The molecule has 10 nitrogen and oxygen atoms in total. The van der Waals surface area contributed by atoms with Crippen molar-refractivity contribution in [3.8, 4) is 22.7 Å². The van der Waals surface area contributed by atoms with Gasteiger partial charge in [0.15, 0.2) is 5.69 Å². The molecule has 0 fully saturated rings. The summed E-state index contributed by atoms with van der Waals surface area (Å²) in [6, 6.07) is 18.7. The number of ether oxygens (including phenoxy) is 2. The Bertz CT molecular complexity index is 1570. The summed E-state index contributed by atoms with van der Waals surface area (Å²) >= 11 is 6.58. The van der Waals surface area contributed by atoms with Crippen molar-refractivity contribution in [2.45, 2.75) is 20.8 Å². The van der Waals surface area contributed by atoms with E-state index in [1.807, 2.05) is 25.1 Å². The molecule has 0 saturated carbocycles. The maximum absolute atomic E-state index is 13.0. The number of rotatable bonds is 8. The molecule has 4 aromatic rings. The SMILES string of the molecule is CCOC(=O)c1c(NC(=O)Nc2cccc(OC)c2C)cc(Cl)n1-c1ccc(-c2cccc(NC(C)=O)n2)cc1. The molecule has 3 amide bonds. The van der Waals surface area contributed by atoms with E-state index in [1.54, 1.807) is 56.5 Å². The van der Waals surface area contributed by atoms with Crippen LogP contribution in [-0.2, 0) is 9.53 Å². The van der Waals surface area contributed by atoms with Crippen LogP contribution in [0.25, 0.3) is 16.9 Å². The zero-order chi connectivity index (χ0) is 28.8.